The average Bonchev–Trinajstić information content (AvgIpc) is 3.00. The molecule has 0 aliphatic rings. The lowest BCUT2D eigenvalue weighted by Crippen LogP contribution is -2.23. The van der Waals surface area contributed by atoms with Gasteiger partial charge in [0, 0.05) is 23.4 Å². The van der Waals surface area contributed by atoms with E-state index in [0.29, 0.717) is 28.2 Å². The summed E-state index contributed by atoms with van der Waals surface area (Å²) >= 11 is 0. The Kier molecular flexibility index (Phi) is 5.16. The minimum atomic E-state index is -0.510. The first-order valence-electron chi connectivity index (χ1n) is 8.35. The van der Waals surface area contributed by atoms with Crippen molar-refractivity contribution in [1.82, 2.24) is 15.2 Å². The van der Waals surface area contributed by atoms with Crippen LogP contribution in [0.4, 0.5) is 5.69 Å². The molecule has 0 atom stereocenters. The van der Waals surface area contributed by atoms with Crippen LogP contribution in [0.5, 0.6) is 0 Å². The third-order valence-corrected chi connectivity index (χ3v) is 4.11. The quantitative estimate of drug-likeness (QED) is 0.402. The largest absolute Gasteiger partial charge is 0.295 e. The van der Waals surface area contributed by atoms with Crippen molar-refractivity contribution in [2.24, 2.45) is 5.10 Å². The first-order valence-corrected chi connectivity index (χ1v) is 8.35. The maximum Gasteiger partial charge on any atom is 0.280 e. The summed E-state index contributed by atoms with van der Waals surface area (Å²) in [6, 6.07) is 14.2. The van der Waals surface area contributed by atoms with E-state index in [1.54, 1.807) is 44.2 Å². The van der Waals surface area contributed by atoms with Crippen molar-refractivity contribution in [2.45, 2.75) is 13.8 Å². The molecule has 0 radical (unpaired) electrons. The molecule has 2 N–H and O–H groups in total. The number of amides is 1. The van der Waals surface area contributed by atoms with Crippen LogP contribution < -0.4 is 11.0 Å². The number of aromatic amines is 1. The maximum atomic E-state index is 12.8. The Morgan fingerprint density at radius 2 is 1.79 bits per heavy atom. The summed E-state index contributed by atoms with van der Waals surface area (Å²) in [6.07, 6.45) is 0. The smallest absolute Gasteiger partial charge is 0.280 e. The van der Waals surface area contributed by atoms with Gasteiger partial charge in [0.05, 0.1) is 21.9 Å². The van der Waals surface area contributed by atoms with E-state index in [-0.39, 0.29) is 17.2 Å². The van der Waals surface area contributed by atoms with Gasteiger partial charge in [0.1, 0.15) is 0 Å². The second kappa shape index (κ2) is 7.70. The van der Waals surface area contributed by atoms with Gasteiger partial charge in [-0.05, 0) is 38.1 Å². The predicted molar refractivity (Wildman–Crippen MR) is 104 cm³/mol. The first-order chi connectivity index (χ1) is 13.4. The summed E-state index contributed by atoms with van der Waals surface area (Å²) in [7, 11) is 0. The van der Waals surface area contributed by atoms with Gasteiger partial charge in [0.25, 0.3) is 17.2 Å². The molecule has 2 aromatic carbocycles. The highest BCUT2D eigenvalue weighted by molar-refractivity contribution is 6.01. The number of non-ortho nitro benzene ring substituents is 1. The molecule has 0 aliphatic heterocycles. The number of hydrazone groups is 1. The van der Waals surface area contributed by atoms with Crippen molar-refractivity contribution < 1.29 is 9.72 Å². The van der Waals surface area contributed by atoms with Crippen molar-refractivity contribution in [3.05, 3.63) is 91.9 Å². The highest BCUT2D eigenvalue weighted by Crippen LogP contribution is 2.14. The molecule has 142 valence electrons. The van der Waals surface area contributed by atoms with Crippen molar-refractivity contribution in [2.75, 3.05) is 0 Å². The molecule has 0 unspecified atom stereocenters. The van der Waals surface area contributed by atoms with Crippen LogP contribution >= 0.6 is 0 Å². The lowest BCUT2D eigenvalue weighted by atomic mass is 10.2. The van der Waals surface area contributed by atoms with Gasteiger partial charge in [0.2, 0.25) is 0 Å². The Labute approximate surface area is 159 Å². The number of hydrogen-bond donors (Lipinski definition) is 2. The van der Waals surface area contributed by atoms with Crippen LogP contribution in [-0.2, 0) is 0 Å². The molecule has 0 saturated carbocycles. The summed E-state index contributed by atoms with van der Waals surface area (Å²) < 4.78 is 1.27. The zero-order valence-electron chi connectivity index (χ0n) is 15.2. The predicted octanol–water partition coefficient (Wildman–Crippen LogP) is 2.54. The van der Waals surface area contributed by atoms with Crippen LogP contribution in [0.2, 0.25) is 0 Å². The number of aromatic nitrogens is 2. The fourth-order valence-corrected chi connectivity index (χ4v) is 2.72. The van der Waals surface area contributed by atoms with Crippen LogP contribution in [-0.4, -0.2) is 26.3 Å². The summed E-state index contributed by atoms with van der Waals surface area (Å²) in [6.45, 7) is 3.32. The third-order valence-electron chi connectivity index (χ3n) is 4.11. The van der Waals surface area contributed by atoms with E-state index < -0.39 is 4.92 Å². The van der Waals surface area contributed by atoms with Gasteiger partial charge in [0.15, 0.2) is 0 Å². The standard InChI is InChI=1S/C19H17N5O4/c1-12(20-21-18(25)14-6-4-3-5-7-14)17-13(2)22-23(19(17)26)15-8-10-16(11-9-15)24(27)28/h3-11,22H,1-2H3,(H,21,25)/b20-12+. The fraction of sp³-hybridized carbons (Fsp3) is 0.105. The first kappa shape index (κ1) is 18.8. The number of nitro benzene ring substituents is 1. The van der Waals surface area contributed by atoms with Crippen molar-refractivity contribution in [3.63, 3.8) is 0 Å². The van der Waals surface area contributed by atoms with Crippen molar-refractivity contribution in [3.8, 4) is 5.69 Å². The van der Waals surface area contributed by atoms with E-state index in [9.17, 15) is 19.7 Å². The van der Waals surface area contributed by atoms with Gasteiger partial charge < -0.3 is 0 Å². The zero-order valence-corrected chi connectivity index (χ0v) is 15.2. The summed E-state index contributed by atoms with van der Waals surface area (Å²) in [5.41, 5.74) is 4.10. The van der Waals surface area contributed by atoms with Crippen LogP contribution in [0.3, 0.4) is 0 Å². The average molecular weight is 379 g/mol. The van der Waals surface area contributed by atoms with Crippen LogP contribution in [0.1, 0.15) is 28.5 Å². The van der Waals surface area contributed by atoms with Gasteiger partial charge in [-0.3, -0.25) is 24.8 Å². The van der Waals surface area contributed by atoms with E-state index in [2.05, 4.69) is 15.6 Å². The molecule has 0 saturated heterocycles. The molecule has 28 heavy (non-hydrogen) atoms. The van der Waals surface area contributed by atoms with E-state index in [1.165, 1.54) is 28.9 Å². The number of rotatable bonds is 5. The molecule has 0 bridgehead atoms. The summed E-state index contributed by atoms with van der Waals surface area (Å²) in [5.74, 6) is -0.385. The number of nitrogens with zero attached hydrogens (tertiary/aromatic N) is 3. The van der Waals surface area contributed by atoms with Gasteiger partial charge >= 0.3 is 0 Å². The molecule has 0 spiro atoms. The number of benzene rings is 2. The van der Waals surface area contributed by atoms with Crippen LogP contribution in [0.15, 0.2) is 64.5 Å². The lowest BCUT2D eigenvalue weighted by Gasteiger charge is -2.02. The van der Waals surface area contributed by atoms with Gasteiger partial charge in [-0.1, -0.05) is 18.2 Å². The maximum absolute atomic E-state index is 12.8. The zero-order chi connectivity index (χ0) is 20.3. The molecule has 3 rings (SSSR count). The van der Waals surface area contributed by atoms with Gasteiger partial charge in [-0.25, -0.2) is 10.1 Å². The molecular formula is C19H17N5O4. The summed E-state index contributed by atoms with van der Waals surface area (Å²) in [5, 5.41) is 17.7. The van der Waals surface area contributed by atoms with Gasteiger partial charge in [-0.15, -0.1) is 0 Å². The molecule has 0 aliphatic carbocycles. The highest BCUT2D eigenvalue weighted by Gasteiger charge is 2.16. The second-order valence-electron chi connectivity index (χ2n) is 6.03. The third kappa shape index (κ3) is 3.73. The molecule has 9 nitrogen and oxygen atoms in total. The number of H-pyrrole nitrogens is 1. The fourth-order valence-electron chi connectivity index (χ4n) is 2.72. The number of carbonyl (C=O) groups excluding carboxylic acids is 1. The Morgan fingerprint density at radius 1 is 1.14 bits per heavy atom. The van der Waals surface area contributed by atoms with Crippen LogP contribution in [0.25, 0.3) is 5.69 Å². The Bertz CT molecular complexity index is 1110. The molecule has 1 amide bonds. The Balaban J connectivity index is 1.87. The SMILES string of the molecule is C/C(=N\NC(=O)c1ccccc1)c1c(C)[nH]n(-c2ccc([N+](=O)[O-])cc2)c1=O. The molecule has 0 fully saturated rings. The molecular weight excluding hydrogens is 362 g/mol. The van der Waals surface area contributed by atoms with Crippen molar-refractivity contribution in [1.29, 1.82) is 0 Å². The molecule has 1 aromatic heterocycles. The van der Waals surface area contributed by atoms with Crippen molar-refractivity contribution >= 4 is 17.3 Å². The minimum absolute atomic E-state index is 0.0679. The number of carbonyl (C=O) groups is 1. The Morgan fingerprint density at radius 3 is 2.39 bits per heavy atom. The van der Waals surface area contributed by atoms with Crippen LogP contribution in [0, 0.1) is 17.0 Å². The Hall–Kier alpha value is -4.01. The normalized spacial score (nSPS) is 11.3. The number of nitro groups is 1. The van der Waals surface area contributed by atoms with Gasteiger partial charge in [-0.2, -0.15) is 5.10 Å². The lowest BCUT2D eigenvalue weighted by molar-refractivity contribution is -0.384. The minimum Gasteiger partial charge on any atom is -0.295 e. The molecule has 9 heteroatoms. The van der Waals surface area contributed by atoms with E-state index in [4.69, 9.17) is 0 Å². The number of nitrogens with one attached hydrogen (secondary N) is 2. The summed E-state index contributed by atoms with van der Waals surface area (Å²) in [4.78, 5) is 35.1. The molecule has 3 aromatic rings. The highest BCUT2D eigenvalue weighted by atomic mass is 16.6. The monoisotopic (exact) mass is 379 g/mol. The number of aryl methyl sites for hydroxylation is 1. The topological polar surface area (TPSA) is 122 Å². The van der Waals surface area contributed by atoms with E-state index >= 15 is 0 Å². The van der Waals surface area contributed by atoms with E-state index in [1.807, 2.05) is 0 Å². The molecule has 1 heterocycles. The second-order valence-corrected chi connectivity index (χ2v) is 6.03. The van der Waals surface area contributed by atoms with E-state index in [0.717, 1.165) is 0 Å². The number of hydrogen-bond acceptors (Lipinski definition) is 5.